The molecule has 0 saturated carbocycles. The number of hydrogen-bond acceptors (Lipinski definition) is 2. The van der Waals surface area contributed by atoms with E-state index in [0.717, 1.165) is 16.9 Å². The molecule has 0 spiro atoms. The number of fused-ring (bicyclic) bond motifs is 1. The van der Waals surface area contributed by atoms with Gasteiger partial charge in [0.05, 0.1) is 5.02 Å². The minimum atomic E-state index is 0.565. The largest absolute Gasteiger partial charge is 0.383 e. The molecule has 2 aromatic heterocycles. The number of pyridine rings is 1. The summed E-state index contributed by atoms with van der Waals surface area (Å²) in [7, 11) is 0. The minimum Gasteiger partial charge on any atom is -0.383 e. The second kappa shape index (κ2) is 4.19. The van der Waals surface area contributed by atoms with E-state index < -0.39 is 0 Å². The summed E-state index contributed by atoms with van der Waals surface area (Å²) in [6.07, 6.45) is 1.75. The molecule has 0 bridgehead atoms. The highest BCUT2D eigenvalue weighted by Gasteiger charge is 2.11. The first-order valence-electron chi connectivity index (χ1n) is 5.34. The van der Waals surface area contributed by atoms with Gasteiger partial charge in [0.1, 0.15) is 17.2 Å². The van der Waals surface area contributed by atoms with E-state index >= 15 is 0 Å². The number of hydrogen-bond donors (Lipinski definition) is 1. The summed E-state index contributed by atoms with van der Waals surface area (Å²) in [5.74, 6) is 0.565. The molecule has 0 aliphatic heterocycles. The van der Waals surface area contributed by atoms with Gasteiger partial charge >= 0.3 is 0 Å². The van der Waals surface area contributed by atoms with Gasteiger partial charge < -0.3 is 5.73 Å². The first-order chi connectivity index (χ1) is 8.65. The highest BCUT2D eigenvalue weighted by Crippen LogP contribution is 2.28. The lowest BCUT2D eigenvalue weighted by molar-refractivity contribution is 1.20. The van der Waals surface area contributed by atoms with Gasteiger partial charge in [-0.15, -0.1) is 0 Å². The highest BCUT2D eigenvalue weighted by atomic mass is 35.5. The van der Waals surface area contributed by atoms with Crippen LogP contribution in [0.15, 0.2) is 42.6 Å². The van der Waals surface area contributed by atoms with Crippen LogP contribution >= 0.6 is 23.2 Å². The Labute approximate surface area is 114 Å². The van der Waals surface area contributed by atoms with E-state index in [1.54, 1.807) is 16.7 Å². The molecule has 0 fully saturated rings. The third-order valence-corrected chi connectivity index (χ3v) is 3.21. The third kappa shape index (κ3) is 1.82. The van der Waals surface area contributed by atoms with Crippen LogP contribution < -0.4 is 5.73 Å². The van der Waals surface area contributed by atoms with Crippen LogP contribution in [0.4, 0.5) is 5.82 Å². The number of aromatic nitrogens is 2. The number of anilines is 1. The highest BCUT2D eigenvalue weighted by molar-refractivity contribution is 6.30. The van der Waals surface area contributed by atoms with E-state index in [-0.39, 0.29) is 0 Å². The Morgan fingerprint density at radius 2 is 1.61 bits per heavy atom. The standard InChI is InChI=1S/C13H9Cl2N3/c14-9-3-1-8(2-4-9)12-13(16)18-7-10(15)5-6-11(18)17-12/h1-7H,16H2. The molecule has 0 radical (unpaired) electrons. The molecule has 2 heterocycles. The van der Waals surface area contributed by atoms with Crippen molar-refractivity contribution in [2.45, 2.75) is 0 Å². The zero-order chi connectivity index (χ0) is 12.7. The van der Waals surface area contributed by atoms with Crippen LogP contribution in [0.25, 0.3) is 16.9 Å². The smallest absolute Gasteiger partial charge is 0.139 e. The summed E-state index contributed by atoms with van der Waals surface area (Å²) in [5.41, 5.74) is 8.51. The molecule has 1 aromatic carbocycles. The third-order valence-electron chi connectivity index (χ3n) is 2.74. The fourth-order valence-corrected chi connectivity index (χ4v) is 2.14. The predicted octanol–water partition coefficient (Wildman–Crippen LogP) is 3.89. The molecular weight excluding hydrogens is 269 g/mol. The second-order valence-corrected chi connectivity index (χ2v) is 4.80. The maximum atomic E-state index is 6.09. The lowest BCUT2D eigenvalue weighted by atomic mass is 10.1. The summed E-state index contributed by atoms with van der Waals surface area (Å²) in [6.45, 7) is 0. The molecule has 2 N–H and O–H groups in total. The fraction of sp³-hybridized carbons (Fsp3) is 0. The number of nitrogen functional groups attached to an aromatic ring is 1. The second-order valence-electron chi connectivity index (χ2n) is 3.93. The lowest BCUT2D eigenvalue weighted by Gasteiger charge is -1.99. The van der Waals surface area contributed by atoms with Crippen molar-refractivity contribution in [1.82, 2.24) is 9.38 Å². The van der Waals surface area contributed by atoms with Gasteiger partial charge in [-0.2, -0.15) is 0 Å². The van der Waals surface area contributed by atoms with E-state index in [9.17, 15) is 0 Å². The number of benzene rings is 1. The zero-order valence-electron chi connectivity index (χ0n) is 9.27. The number of halogens is 2. The van der Waals surface area contributed by atoms with Crippen molar-refractivity contribution < 1.29 is 0 Å². The van der Waals surface area contributed by atoms with Crippen molar-refractivity contribution in [3.8, 4) is 11.3 Å². The number of nitrogens with two attached hydrogens (primary N) is 1. The van der Waals surface area contributed by atoms with Gasteiger partial charge in [-0.05, 0) is 24.3 Å². The van der Waals surface area contributed by atoms with E-state index in [1.807, 2.05) is 30.3 Å². The van der Waals surface area contributed by atoms with Gasteiger partial charge in [-0.1, -0.05) is 35.3 Å². The number of nitrogens with zero attached hydrogens (tertiary/aromatic N) is 2. The SMILES string of the molecule is Nc1c(-c2ccc(Cl)cc2)nc2ccc(Cl)cn12. The van der Waals surface area contributed by atoms with Crippen molar-refractivity contribution in [1.29, 1.82) is 0 Å². The van der Waals surface area contributed by atoms with Crippen molar-refractivity contribution in [2.24, 2.45) is 0 Å². The van der Waals surface area contributed by atoms with Crippen LogP contribution in [0, 0.1) is 0 Å². The van der Waals surface area contributed by atoms with Gasteiger partial charge in [0.15, 0.2) is 0 Å². The fourth-order valence-electron chi connectivity index (χ4n) is 1.86. The van der Waals surface area contributed by atoms with Crippen molar-refractivity contribution in [3.05, 3.63) is 52.6 Å². The van der Waals surface area contributed by atoms with Crippen LogP contribution in [0.2, 0.25) is 10.0 Å². The molecule has 0 amide bonds. The van der Waals surface area contributed by atoms with Gasteiger partial charge in [0.25, 0.3) is 0 Å². The van der Waals surface area contributed by atoms with E-state index in [1.165, 1.54) is 0 Å². The summed E-state index contributed by atoms with van der Waals surface area (Å²) in [4.78, 5) is 4.49. The quantitative estimate of drug-likeness (QED) is 0.733. The molecule has 3 aromatic rings. The topological polar surface area (TPSA) is 43.3 Å². The summed E-state index contributed by atoms with van der Waals surface area (Å²) in [5, 5.41) is 1.30. The van der Waals surface area contributed by atoms with E-state index in [4.69, 9.17) is 28.9 Å². The maximum absolute atomic E-state index is 6.09. The van der Waals surface area contributed by atoms with Crippen molar-refractivity contribution in [2.75, 3.05) is 5.73 Å². The van der Waals surface area contributed by atoms with Gasteiger partial charge in [0, 0.05) is 16.8 Å². The molecule has 18 heavy (non-hydrogen) atoms. The zero-order valence-corrected chi connectivity index (χ0v) is 10.8. The van der Waals surface area contributed by atoms with Gasteiger partial charge in [0.2, 0.25) is 0 Å². The van der Waals surface area contributed by atoms with Crippen molar-refractivity contribution in [3.63, 3.8) is 0 Å². The van der Waals surface area contributed by atoms with Crippen LogP contribution in [0.1, 0.15) is 0 Å². The molecule has 0 atom stereocenters. The molecule has 0 unspecified atom stereocenters. The molecule has 3 nitrogen and oxygen atoms in total. The molecule has 0 aliphatic rings. The Morgan fingerprint density at radius 3 is 2.33 bits per heavy atom. The average molecular weight is 278 g/mol. The Kier molecular flexibility index (Phi) is 2.65. The molecule has 0 aliphatic carbocycles. The average Bonchev–Trinajstić information content (AvgIpc) is 2.68. The molecule has 3 rings (SSSR count). The van der Waals surface area contributed by atoms with Crippen LogP contribution in [-0.2, 0) is 0 Å². The van der Waals surface area contributed by atoms with E-state index in [2.05, 4.69) is 4.98 Å². The monoisotopic (exact) mass is 277 g/mol. The van der Waals surface area contributed by atoms with Gasteiger partial charge in [-0.25, -0.2) is 4.98 Å². The van der Waals surface area contributed by atoms with Crippen LogP contribution in [0.3, 0.4) is 0 Å². The Morgan fingerprint density at radius 1 is 0.944 bits per heavy atom. The minimum absolute atomic E-state index is 0.565. The molecule has 5 heteroatoms. The summed E-state index contributed by atoms with van der Waals surface area (Å²) >= 11 is 11.8. The number of imidazole rings is 1. The van der Waals surface area contributed by atoms with Crippen LogP contribution in [-0.4, -0.2) is 9.38 Å². The van der Waals surface area contributed by atoms with Crippen molar-refractivity contribution >= 4 is 34.7 Å². The van der Waals surface area contributed by atoms with Crippen LogP contribution in [0.5, 0.6) is 0 Å². The summed E-state index contributed by atoms with van der Waals surface area (Å²) < 4.78 is 1.77. The normalized spacial score (nSPS) is 11.0. The molecule has 90 valence electrons. The lowest BCUT2D eigenvalue weighted by Crippen LogP contribution is -1.93. The first-order valence-corrected chi connectivity index (χ1v) is 6.10. The summed E-state index contributed by atoms with van der Waals surface area (Å²) in [6, 6.07) is 11.0. The predicted molar refractivity (Wildman–Crippen MR) is 75.1 cm³/mol. The Balaban J connectivity index is 2.23. The molecular formula is C13H9Cl2N3. The Bertz CT molecular complexity index is 717. The maximum Gasteiger partial charge on any atom is 0.139 e. The van der Waals surface area contributed by atoms with E-state index in [0.29, 0.717) is 15.9 Å². The van der Waals surface area contributed by atoms with Gasteiger partial charge in [-0.3, -0.25) is 4.40 Å². The first kappa shape index (κ1) is 11.4. The number of rotatable bonds is 1. The Hall–Kier alpha value is -1.71. The molecule has 0 saturated heterocycles.